The Morgan fingerprint density at radius 3 is 2.94 bits per heavy atom. The van der Waals surface area contributed by atoms with E-state index in [0.29, 0.717) is 11.5 Å². The minimum Gasteiger partial charge on any atom is -0.385 e. The molecular formula is C14H20FNO2. The van der Waals surface area contributed by atoms with Crippen LogP contribution in [0.2, 0.25) is 0 Å². The van der Waals surface area contributed by atoms with Crippen LogP contribution in [0.4, 0.5) is 4.39 Å². The fraction of sp³-hybridized carbons (Fsp3) is 0.643. The number of halogens is 1. The second-order valence-corrected chi connectivity index (χ2v) is 5.31. The highest BCUT2D eigenvalue weighted by Gasteiger charge is 2.42. The summed E-state index contributed by atoms with van der Waals surface area (Å²) in [5.74, 6) is 0.0801. The average molecular weight is 253 g/mol. The number of rotatable bonds is 3. The number of nitrogens with zero attached hydrogens (tertiary/aromatic N) is 1. The molecule has 0 aliphatic heterocycles. The second-order valence-electron chi connectivity index (χ2n) is 5.31. The first-order chi connectivity index (χ1) is 8.57. The Balaban J connectivity index is 2.26. The molecule has 4 heteroatoms. The number of aromatic nitrogens is 1. The van der Waals surface area contributed by atoms with Gasteiger partial charge in [-0.25, -0.2) is 4.39 Å². The van der Waals surface area contributed by atoms with Gasteiger partial charge in [0.1, 0.15) is 11.9 Å². The third kappa shape index (κ3) is 2.54. The molecule has 1 aliphatic carbocycles. The van der Waals surface area contributed by atoms with Gasteiger partial charge in [-0.2, -0.15) is 0 Å². The third-order valence-corrected chi connectivity index (χ3v) is 3.94. The van der Waals surface area contributed by atoms with Gasteiger partial charge in [0.05, 0.1) is 11.8 Å². The highest BCUT2D eigenvalue weighted by molar-refractivity contribution is 5.18. The Kier molecular flexibility index (Phi) is 3.97. The van der Waals surface area contributed by atoms with E-state index in [0.717, 1.165) is 31.9 Å². The smallest absolute Gasteiger partial charge is 0.141 e. The monoisotopic (exact) mass is 253 g/mol. The summed E-state index contributed by atoms with van der Waals surface area (Å²) in [6.07, 6.45) is 5.58. The average Bonchev–Trinajstić information content (AvgIpc) is 2.37. The van der Waals surface area contributed by atoms with Crippen molar-refractivity contribution >= 4 is 0 Å². The van der Waals surface area contributed by atoms with Gasteiger partial charge in [-0.05, 0) is 24.8 Å². The molecule has 2 rings (SSSR count). The molecule has 0 saturated heterocycles. The van der Waals surface area contributed by atoms with E-state index in [4.69, 9.17) is 4.74 Å². The molecule has 1 aromatic heterocycles. The first-order valence-corrected chi connectivity index (χ1v) is 6.41. The Hall–Kier alpha value is -1.00. The molecule has 1 aliphatic rings. The zero-order valence-corrected chi connectivity index (χ0v) is 10.9. The van der Waals surface area contributed by atoms with Crippen LogP contribution in [0.15, 0.2) is 18.5 Å². The molecule has 0 spiro atoms. The highest BCUT2D eigenvalue weighted by atomic mass is 19.1. The van der Waals surface area contributed by atoms with Gasteiger partial charge in [-0.15, -0.1) is 0 Å². The minimum absolute atomic E-state index is 0.429. The number of ether oxygens (including phenoxy) is 1. The standard InChI is InChI=1S/C14H20FNO2/c1-10-4-3-5-14(7-10,18-2)13(17)11-6-12(15)9-16-8-11/h6,8-10,13,17H,3-5,7H2,1-2H3. The van der Waals surface area contributed by atoms with E-state index in [1.807, 2.05) is 0 Å². The summed E-state index contributed by atoms with van der Waals surface area (Å²) in [5, 5.41) is 10.5. The topological polar surface area (TPSA) is 42.4 Å². The fourth-order valence-corrected chi connectivity index (χ4v) is 2.97. The van der Waals surface area contributed by atoms with Gasteiger partial charge in [0.15, 0.2) is 0 Å². The maximum absolute atomic E-state index is 13.2. The van der Waals surface area contributed by atoms with Crippen molar-refractivity contribution in [3.63, 3.8) is 0 Å². The predicted molar refractivity (Wildman–Crippen MR) is 66.5 cm³/mol. The predicted octanol–water partition coefficient (Wildman–Crippen LogP) is 2.85. The van der Waals surface area contributed by atoms with Crippen LogP contribution in [0.1, 0.15) is 44.3 Å². The maximum Gasteiger partial charge on any atom is 0.141 e. The summed E-state index contributed by atoms with van der Waals surface area (Å²) < 4.78 is 18.8. The Bertz CT molecular complexity index is 413. The Morgan fingerprint density at radius 2 is 2.33 bits per heavy atom. The largest absolute Gasteiger partial charge is 0.385 e. The third-order valence-electron chi connectivity index (χ3n) is 3.94. The minimum atomic E-state index is -0.826. The number of hydrogen-bond acceptors (Lipinski definition) is 3. The van der Waals surface area contributed by atoms with E-state index < -0.39 is 17.5 Å². The normalized spacial score (nSPS) is 30.1. The fourth-order valence-electron chi connectivity index (χ4n) is 2.97. The molecule has 3 nitrogen and oxygen atoms in total. The van der Waals surface area contributed by atoms with Crippen molar-refractivity contribution in [1.29, 1.82) is 0 Å². The zero-order valence-electron chi connectivity index (χ0n) is 10.9. The van der Waals surface area contributed by atoms with Gasteiger partial charge in [0.2, 0.25) is 0 Å². The quantitative estimate of drug-likeness (QED) is 0.900. The van der Waals surface area contributed by atoms with Crippen LogP contribution in [-0.4, -0.2) is 22.8 Å². The number of methoxy groups -OCH3 is 1. The maximum atomic E-state index is 13.2. The summed E-state index contributed by atoms with van der Waals surface area (Å²) in [6.45, 7) is 2.16. The van der Waals surface area contributed by atoms with Crippen molar-refractivity contribution < 1.29 is 14.2 Å². The molecule has 1 aromatic rings. The first kappa shape index (κ1) is 13.4. The number of hydrogen-bond donors (Lipinski definition) is 1. The van der Waals surface area contributed by atoms with Gasteiger partial charge in [-0.1, -0.05) is 19.8 Å². The number of aliphatic hydroxyl groups is 1. The van der Waals surface area contributed by atoms with Gasteiger partial charge < -0.3 is 9.84 Å². The number of pyridine rings is 1. The molecule has 0 bridgehead atoms. The van der Waals surface area contributed by atoms with E-state index >= 15 is 0 Å². The van der Waals surface area contributed by atoms with E-state index in [-0.39, 0.29) is 0 Å². The molecule has 3 atom stereocenters. The second kappa shape index (κ2) is 5.33. The van der Waals surface area contributed by atoms with E-state index in [1.54, 1.807) is 7.11 Å². The van der Waals surface area contributed by atoms with Gasteiger partial charge in [-0.3, -0.25) is 4.98 Å². The van der Waals surface area contributed by atoms with Crippen LogP contribution in [0.5, 0.6) is 0 Å². The van der Waals surface area contributed by atoms with E-state index in [9.17, 15) is 9.50 Å². The Morgan fingerprint density at radius 1 is 1.56 bits per heavy atom. The summed E-state index contributed by atoms with van der Waals surface area (Å²) in [6, 6.07) is 1.33. The van der Waals surface area contributed by atoms with Gasteiger partial charge >= 0.3 is 0 Å². The SMILES string of the molecule is COC1(C(O)c2cncc(F)c2)CCCC(C)C1. The van der Waals surface area contributed by atoms with Crippen LogP contribution in [0.3, 0.4) is 0 Å². The van der Waals surface area contributed by atoms with Crippen molar-refractivity contribution in [2.24, 2.45) is 5.92 Å². The van der Waals surface area contributed by atoms with Crippen LogP contribution < -0.4 is 0 Å². The van der Waals surface area contributed by atoms with Crippen molar-refractivity contribution in [2.45, 2.75) is 44.3 Å². The first-order valence-electron chi connectivity index (χ1n) is 6.41. The lowest BCUT2D eigenvalue weighted by Crippen LogP contribution is -2.42. The molecule has 3 unspecified atom stereocenters. The van der Waals surface area contributed by atoms with Crippen LogP contribution in [0.25, 0.3) is 0 Å². The van der Waals surface area contributed by atoms with Crippen LogP contribution >= 0.6 is 0 Å². The molecule has 0 amide bonds. The van der Waals surface area contributed by atoms with Gasteiger partial charge in [0, 0.05) is 18.9 Å². The Labute approximate surface area is 107 Å². The van der Waals surface area contributed by atoms with E-state index in [2.05, 4.69) is 11.9 Å². The van der Waals surface area contributed by atoms with Crippen molar-refractivity contribution in [3.8, 4) is 0 Å². The molecule has 0 radical (unpaired) electrons. The zero-order chi connectivity index (χ0) is 13.2. The van der Waals surface area contributed by atoms with Crippen LogP contribution in [-0.2, 0) is 4.74 Å². The molecule has 0 aromatic carbocycles. The molecule has 1 heterocycles. The lowest BCUT2D eigenvalue weighted by atomic mass is 9.74. The van der Waals surface area contributed by atoms with Crippen molar-refractivity contribution in [2.75, 3.05) is 7.11 Å². The lowest BCUT2D eigenvalue weighted by molar-refractivity contribution is -0.134. The lowest BCUT2D eigenvalue weighted by Gasteiger charge is -2.42. The number of aliphatic hydroxyl groups excluding tert-OH is 1. The summed E-state index contributed by atoms with van der Waals surface area (Å²) >= 11 is 0. The highest BCUT2D eigenvalue weighted by Crippen LogP contribution is 2.43. The van der Waals surface area contributed by atoms with Crippen LogP contribution in [0, 0.1) is 11.7 Å². The van der Waals surface area contributed by atoms with Crippen molar-refractivity contribution in [3.05, 3.63) is 29.8 Å². The van der Waals surface area contributed by atoms with Gasteiger partial charge in [0.25, 0.3) is 0 Å². The van der Waals surface area contributed by atoms with E-state index in [1.165, 1.54) is 12.3 Å². The molecule has 1 saturated carbocycles. The molecule has 100 valence electrons. The summed E-state index contributed by atoms with van der Waals surface area (Å²) in [7, 11) is 1.62. The molecule has 18 heavy (non-hydrogen) atoms. The molecular weight excluding hydrogens is 233 g/mol. The summed E-state index contributed by atoms with van der Waals surface area (Å²) in [4.78, 5) is 3.79. The summed E-state index contributed by atoms with van der Waals surface area (Å²) in [5.41, 5.74) is -0.112. The van der Waals surface area contributed by atoms with Crippen molar-refractivity contribution in [1.82, 2.24) is 4.98 Å². The molecule has 1 fully saturated rings. The molecule has 1 N–H and O–H groups in total.